The lowest BCUT2D eigenvalue weighted by molar-refractivity contribution is 0.110. The van der Waals surface area contributed by atoms with Crippen LogP contribution in [0.3, 0.4) is 0 Å². The second kappa shape index (κ2) is 3.91. The van der Waals surface area contributed by atoms with Gasteiger partial charge in [-0.25, -0.2) is 4.98 Å². The predicted octanol–water partition coefficient (Wildman–Crippen LogP) is 2.36. The molecule has 0 aromatic carbocycles. The van der Waals surface area contributed by atoms with Crippen LogP contribution in [-0.4, -0.2) is 22.1 Å². The van der Waals surface area contributed by atoms with Crippen LogP contribution in [0.25, 0.3) is 5.52 Å². The Balaban J connectivity index is 1.93. The first kappa shape index (κ1) is 9.85. The SMILES string of the molecule is Cc1ccc2cnc(CC3CCCO3)n2c1. The van der Waals surface area contributed by atoms with E-state index in [1.165, 1.54) is 23.9 Å². The van der Waals surface area contributed by atoms with Crippen LogP contribution in [-0.2, 0) is 11.2 Å². The Morgan fingerprint density at radius 2 is 2.44 bits per heavy atom. The first-order chi connectivity index (χ1) is 7.83. The number of imidazole rings is 1. The van der Waals surface area contributed by atoms with Crippen LogP contribution in [0.2, 0.25) is 0 Å². The molecule has 0 saturated carbocycles. The van der Waals surface area contributed by atoms with Crippen LogP contribution in [0.1, 0.15) is 24.2 Å². The fourth-order valence-corrected chi connectivity index (χ4v) is 2.31. The Bertz CT molecular complexity index is 498. The van der Waals surface area contributed by atoms with Crippen molar-refractivity contribution in [1.82, 2.24) is 9.38 Å². The molecule has 3 heterocycles. The van der Waals surface area contributed by atoms with E-state index in [2.05, 4.69) is 34.6 Å². The summed E-state index contributed by atoms with van der Waals surface area (Å²) in [6.07, 6.45) is 7.73. The van der Waals surface area contributed by atoms with Gasteiger partial charge >= 0.3 is 0 Å². The van der Waals surface area contributed by atoms with E-state index in [4.69, 9.17) is 4.74 Å². The minimum Gasteiger partial charge on any atom is -0.378 e. The fourth-order valence-electron chi connectivity index (χ4n) is 2.31. The van der Waals surface area contributed by atoms with Crippen LogP contribution in [0, 0.1) is 6.92 Å². The van der Waals surface area contributed by atoms with E-state index in [1.807, 2.05) is 6.20 Å². The van der Waals surface area contributed by atoms with Gasteiger partial charge in [0.25, 0.3) is 0 Å². The highest BCUT2D eigenvalue weighted by Crippen LogP contribution is 2.18. The Hall–Kier alpha value is -1.35. The normalized spacial score (nSPS) is 20.7. The van der Waals surface area contributed by atoms with Crippen LogP contribution >= 0.6 is 0 Å². The molecule has 1 unspecified atom stereocenters. The largest absolute Gasteiger partial charge is 0.378 e. The summed E-state index contributed by atoms with van der Waals surface area (Å²) in [6.45, 7) is 3.02. The van der Waals surface area contributed by atoms with Crippen molar-refractivity contribution >= 4 is 5.52 Å². The zero-order valence-corrected chi connectivity index (χ0v) is 9.52. The lowest BCUT2D eigenvalue weighted by Gasteiger charge is -2.08. The van der Waals surface area contributed by atoms with Gasteiger partial charge in [-0.1, -0.05) is 6.07 Å². The maximum atomic E-state index is 5.65. The lowest BCUT2D eigenvalue weighted by atomic mass is 10.2. The third kappa shape index (κ3) is 1.71. The summed E-state index contributed by atoms with van der Waals surface area (Å²) >= 11 is 0. The van der Waals surface area contributed by atoms with E-state index in [9.17, 15) is 0 Å². The van der Waals surface area contributed by atoms with Crippen molar-refractivity contribution in [2.45, 2.75) is 32.3 Å². The molecule has 0 N–H and O–H groups in total. The van der Waals surface area contributed by atoms with Crippen molar-refractivity contribution in [2.24, 2.45) is 0 Å². The highest BCUT2D eigenvalue weighted by atomic mass is 16.5. The van der Waals surface area contributed by atoms with Gasteiger partial charge in [0.15, 0.2) is 0 Å². The molecule has 16 heavy (non-hydrogen) atoms. The quantitative estimate of drug-likeness (QED) is 0.770. The second-order valence-corrected chi connectivity index (χ2v) is 4.51. The summed E-state index contributed by atoms with van der Waals surface area (Å²) in [4.78, 5) is 4.48. The maximum Gasteiger partial charge on any atom is 0.115 e. The Morgan fingerprint density at radius 1 is 1.50 bits per heavy atom. The number of hydrogen-bond acceptors (Lipinski definition) is 2. The number of aryl methyl sites for hydroxylation is 1. The lowest BCUT2D eigenvalue weighted by Crippen LogP contribution is -2.11. The molecular formula is C13H16N2O. The number of ether oxygens (including phenoxy) is 1. The summed E-state index contributed by atoms with van der Waals surface area (Å²) in [5.74, 6) is 1.12. The Labute approximate surface area is 95.1 Å². The van der Waals surface area contributed by atoms with Crippen LogP contribution in [0.15, 0.2) is 24.5 Å². The van der Waals surface area contributed by atoms with E-state index in [-0.39, 0.29) is 0 Å². The van der Waals surface area contributed by atoms with Gasteiger partial charge in [0.05, 0.1) is 17.8 Å². The molecule has 1 saturated heterocycles. The monoisotopic (exact) mass is 216 g/mol. The zero-order chi connectivity index (χ0) is 11.0. The third-order valence-corrected chi connectivity index (χ3v) is 3.19. The number of rotatable bonds is 2. The molecule has 3 nitrogen and oxygen atoms in total. The van der Waals surface area contributed by atoms with Gasteiger partial charge in [0, 0.05) is 19.2 Å². The molecule has 0 radical (unpaired) electrons. The summed E-state index contributed by atoms with van der Waals surface area (Å²) in [6, 6.07) is 4.23. The average Bonchev–Trinajstić information content (AvgIpc) is 2.90. The molecule has 3 rings (SSSR count). The molecule has 0 amide bonds. The highest BCUT2D eigenvalue weighted by Gasteiger charge is 2.18. The number of nitrogens with zero attached hydrogens (tertiary/aromatic N) is 2. The van der Waals surface area contributed by atoms with E-state index >= 15 is 0 Å². The molecule has 1 aliphatic heterocycles. The van der Waals surface area contributed by atoms with E-state index < -0.39 is 0 Å². The van der Waals surface area contributed by atoms with Gasteiger partial charge in [-0.3, -0.25) is 0 Å². The molecule has 1 aliphatic rings. The maximum absolute atomic E-state index is 5.65. The van der Waals surface area contributed by atoms with Gasteiger partial charge in [-0.05, 0) is 31.4 Å². The molecule has 1 fully saturated rings. The number of aromatic nitrogens is 2. The van der Waals surface area contributed by atoms with Gasteiger partial charge in [-0.15, -0.1) is 0 Å². The minimum atomic E-state index is 0.367. The van der Waals surface area contributed by atoms with E-state index in [1.54, 1.807) is 0 Å². The standard InChI is InChI=1S/C13H16N2O/c1-10-4-5-11-8-14-13(15(11)9-10)7-12-3-2-6-16-12/h4-5,8-9,12H,2-3,6-7H2,1H3. The Morgan fingerprint density at radius 3 is 3.25 bits per heavy atom. The molecular weight excluding hydrogens is 200 g/mol. The molecule has 3 heteroatoms. The van der Waals surface area contributed by atoms with Crippen molar-refractivity contribution in [1.29, 1.82) is 0 Å². The minimum absolute atomic E-state index is 0.367. The summed E-state index contributed by atoms with van der Waals surface area (Å²) < 4.78 is 7.83. The molecule has 1 atom stereocenters. The zero-order valence-electron chi connectivity index (χ0n) is 9.52. The van der Waals surface area contributed by atoms with Gasteiger partial charge < -0.3 is 9.14 Å². The summed E-state index contributed by atoms with van der Waals surface area (Å²) in [5, 5.41) is 0. The van der Waals surface area contributed by atoms with E-state index in [0.717, 1.165) is 18.9 Å². The van der Waals surface area contributed by atoms with Gasteiger partial charge in [0.2, 0.25) is 0 Å². The van der Waals surface area contributed by atoms with Crippen LogP contribution in [0.5, 0.6) is 0 Å². The first-order valence-electron chi connectivity index (χ1n) is 5.87. The molecule has 84 valence electrons. The van der Waals surface area contributed by atoms with Crippen molar-refractivity contribution in [3.05, 3.63) is 35.9 Å². The highest BCUT2D eigenvalue weighted by molar-refractivity contribution is 5.46. The Kier molecular flexibility index (Phi) is 2.40. The second-order valence-electron chi connectivity index (χ2n) is 4.51. The van der Waals surface area contributed by atoms with Crippen LogP contribution < -0.4 is 0 Å². The number of fused-ring (bicyclic) bond motifs is 1. The average molecular weight is 216 g/mol. The fraction of sp³-hybridized carbons (Fsp3) is 0.462. The molecule has 0 aliphatic carbocycles. The van der Waals surface area contributed by atoms with E-state index in [0.29, 0.717) is 6.10 Å². The topological polar surface area (TPSA) is 26.5 Å². The van der Waals surface area contributed by atoms with Crippen molar-refractivity contribution in [3.63, 3.8) is 0 Å². The number of pyridine rings is 1. The number of hydrogen-bond donors (Lipinski definition) is 0. The predicted molar refractivity (Wildman–Crippen MR) is 62.6 cm³/mol. The first-order valence-corrected chi connectivity index (χ1v) is 5.87. The molecule has 2 aromatic heterocycles. The van der Waals surface area contributed by atoms with Gasteiger partial charge in [-0.2, -0.15) is 0 Å². The van der Waals surface area contributed by atoms with Gasteiger partial charge in [0.1, 0.15) is 5.82 Å². The van der Waals surface area contributed by atoms with Crippen molar-refractivity contribution in [2.75, 3.05) is 6.61 Å². The smallest absolute Gasteiger partial charge is 0.115 e. The van der Waals surface area contributed by atoms with Crippen molar-refractivity contribution in [3.8, 4) is 0 Å². The van der Waals surface area contributed by atoms with Crippen LogP contribution in [0.4, 0.5) is 0 Å². The van der Waals surface area contributed by atoms with Crippen molar-refractivity contribution < 1.29 is 4.74 Å². The molecule has 0 spiro atoms. The summed E-state index contributed by atoms with van der Waals surface area (Å²) in [5.41, 5.74) is 2.43. The molecule has 0 bridgehead atoms. The summed E-state index contributed by atoms with van der Waals surface area (Å²) in [7, 11) is 0. The molecule has 2 aromatic rings. The third-order valence-electron chi connectivity index (χ3n) is 3.19.